The maximum Gasteiger partial charge on any atom is 0.305 e. The summed E-state index contributed by atoms with van der Waals surface area (Å²) in [6.07, 6.45) is 2.47. The van der Waals surface area contributed by atoms with Gasteiger partial charge >= 0.3 is 5.97 Å². The number of ether oxygens (including phenoxy) is 6. The van der Waals surface area contributed by atoms with Crippen LogP contribution in [0.15, 0.2) is 91.0 Å². The van der Waals surface area contributed by atoms with Gasteiger partial charge in [0.15, 0.2) is 6.29 Å². The monoisotopic (exact) mass is 620 g/mol. The van der Waals surface area contributed by atoms with Gasteiger partial charge in [-0.25, -0.2) is 0 Å². The van der Waals surface area contributed by atoms with E-state index in [4.69, 9.17) is 28.4 Å². The first-order chi connectivity index (χ1) is 22.1. The first-order valence-corrected chi connectivity index (χ1v) is 16.1. The Morgan fingerprint density at radius 2 is 1.18 bits per heavy atom. The van der Waals surface area contributed by atoms with Crippen molar-refractivity contribution in [1.82, 2.24) is 0 Å². The molecule has 0 aromatic heterocycles. The second-order valence-electron chi connectivity index (χ2n) is 11.4. The van der Waals surface area contributed by atoms with Gasteiger partial charge in [-0.15, -0.1) is 0 Å². The molecule has 1 heterocycles. The van der Waals surface area contributed by atoms with Gasteiger partial charge in [0, 0.05) is 13.0 Å². The van der Waals surface area contributed by atoms with E-state index >= 15 is 0 Å². The zero-order valence-electron chi connectivity index (χ0n) is 26.3. The number of hydrogen-bond acceptors (Lipinski definition) is 8. The molecule has 1 saturated heterocycles. The van der Waals surface area contributed by atoms with E-state index in [0.29, 0.717) is 32.8 Å². The van der Waals surface area contributed by atoms with E-state index in [1.165, 1.54) is 7.11 Å². The average Bonchev–Trinajstić information content (AvgIpc) is 3.08. The van der Waals surface area contributed by atoms with Gasteiger partial charge in [-0.3, -0.25) is 4.79 Å². The molecular weight excluding hydrogens is 572 g/mol. The Bertz CT molecular complexity index is 1190. The van der Waals surface area contributed by atoms with E-state index in [-0.39, 0.29) is 12.6 Å². The topological polar surface area (TPSA) is 92.7 Å². The van der Waals surface area contributed by atoms with Crippen LogP contribution in [0.4, 0.5) is 0 Å². The van der Waals surface area contributed by atoms with Crippen molar-refractivity contribution in [2.24, 2.45) is 0 Å². The summed E-state index contributed by atoms with van der Waals surface area (Å²) in [5.41, 5.74) is 3.07. The zero-order chi connectivity index (χ0) is 31.5. The maximum absolute atomic E-state index is 11.5. The second-order valence-corrected chi connectivity index (χ2v) is 11.4. The molecule has 3 aromatic rings. The van der Waals surface area contributed by atoms with Crippen LogP contribution in [-0.4, -0.2) is 62.1 Å². The molecule has 244 valence electrons. The fourth-order valence-electron chi connectivity index (χ4n) is 5.34. The molecule has 0 bridgehead atoms. The van der Waals surface area contributed by atoms with Crippen LogP contribution in [0.3, 0.4) is 0 Å². The minimum Gasteiger partial charge on any atom is -0.469 e. The molecule has 1 N–H and O–H groups in total. The summed E-state index contributed by atoms with van der Waals surface area (Å²) >= 11 is 0. The summed E-state index contributed by atoms with van der Waals surface area (Å²) < 4.78 is 36.2. The van der Waals surface area contributed by atoms with Crippen LogP contribution in [0.1, 0.15) is 61.6 Å². The molecule has 0 radical (unpaired) electrons. The van der Waals surface area contributed by atoms with Crippen LogP contribution >= 0.6 is 0 Å². The maximum atomic E-state index is 11.5. The van der Waals surface area contributed by atoms with Crippen LogP contribution in [0.5, 0.6) is 0 Å². The van der Waals surface area contributed by atoms with Crippen molar-refractivity contribution < 1.29 is 38.3 Å². The van der Waals surface area contributed by atoms with Gasteiger partial charge < -0.3 is 33.5 Å². The van der Waals surface area contributed by atoms with Crippen molar-refractivity contribution in [3.05, 3.63) is 108 Å². The lowest BCUT2D eigenvalue weighted by atomic mass is 9.98. The van der Waals surface area contributed by atoms with Crippen molar-refractivity contribution in [3.8, 4) is 0 Å². The normalized spacial score (nSPS) is 21.4. The van der Waals surface area contributed by atoms with Crippen LogP contribution < -0.4 is 0 Å². The minimum atomic E-state index is -1.06. The van der Waals surface area contributed by atoms with E-state index in [9.17, 15) is 9.90 Å². The van der Waals surface area contributed by atoms with Gasteiger partial charge in [-0.1, -0.05) is 117 Å². The molecule has 0 saturated carbocycles. The molecule has 0 unspecified atom stereocenters. The number of aliphatic hydroxyl groups is 1. The highest BCUT2D eigenvalue weighted by atomic mass is 16.7. The first kappa shape index (κ1) is 34.8. The Kier molecular flexibility index (Phi) is 15.5. The molecule has 4 rings (SSSR count). The van der Waals surface area contributed by atoms with Crippen LogP contribution in [0, 0.1) is 0 Å². The van der Waals surface area contributed by atoms with Crippen molar-refractivity contribution in [1.29, 1.82) is 0 Å². The summed E-state index contributed by atoms with van der Waals surface area (Å²) in [7, 11) is 1.42. The van der Waals surface area contributed by atoms with Gasteiger partial charge in [0.05, 0.1) is 33.5 Å². The van der Waals surface area contributed by atoms with Crippen molar-refractivity contribution in [3.63, 3.8) is 0 Å². The van der Waals surface area contributed by atoms with Crippen LogP contribution in [-0.2, 0) is 53.0 Å². The molecule has 1 aliphatic heterocycles. The number of hydrogen-bond donors (Lipinski definition) is 1. The van der Waals surface area contributed by atoms with Gasteiger partial charge in [-0.05, 0) is 29.5 Å². The lowest BCUT2D eigenvalue weighted by molar-refractivity contribution is -0.319. The number of benzene rings is 3. The fourth-order valence-corrected chi connectivity index (χ4v) is 5.34. The van der Waals surface area contributed by atoms with Crippen molar-refractivity contribution in [2.75, 3.05) is 20.3 Å². The van der Waals surface area contributed by atoms with E-state index in [0.717, 1.165) is 55.2 Å². The molecule has 5 atom stereocenters. The van der Waals surface area contributed by atoms with Crippen LogP contribution in [0.2, 0.25) is 0 Å². The molecule has 0 aliphatic carbocycles. The second kappa shape index (κ2) is 20.1. The summed E-state index contributed by atoms with van der Waals surface area (Å²) in [6.45, 7) is 1.77. The third-order valence-corrected chi connectivity index (χ3v) is 7.86. The predicted octanol–water partition coefficient (Wildman–Crippen LogP) is 6.38. The number of carbonyl (C=O) groups excluding carboxylic acids is 1. The number of unbranched alkanes of at least 4 members (excludes halogenated alkanes) is 5. The van der Waals surface area contributed by atoms with E-state index in [1.807, 2.05) is 91.0 Å². The van der Waals surface area contributed by atoms with E-state index < -0.39 is 30.7 Å². The van der Waals surface area contributed by atoms with E-state index in [1.54, 1.807) is 0 Å². The number of rotatable bonds is 20. The summed E-state index contributed by atoms with van der Waals surface area (Å²) in [5.74, 6) is -0.156. The SMILES string of the molecule is COC(=O)CCCCCCCCO[C@H]1O[C@H](COCc2ccccc2)[C@@H](OCc2ccccc2)[C@H](OCc2ccccc2)[C@@H]1O. The molecule has 0 spiro atoms. The molecule has 0 amide bonds. The molecule has 8 nitrogen and oxygen atoms in total. The number of carbonyl (C=O) groups is 1. The van der Waals surface area contributed by atoms with Gasteiger partial charge in [0.2, 0.25) is 0 Å². The molecule has 3 aromatic carbocycles. The van der Waals surface area contributed by atoms with Crippen molar-refractivity contribution >= 4 is 5.97 Å². The van der Waals surface area contributed by atoms with E-state index in [2.05, 4.69) is 0 Å². The van der Waals surface area contributed by atoms with Gasteiger partial charge in [0.1, 0.15) is 24.4 Å². The molecule has 45 heavy (non-hydrogen) atoms. The molecule has 1 aliphatic rings. The highest BCUT2D eigenvalue weighted by molar-refractivity contribution is 5.68. The lowest BCUT2D eigenvalue weighted by Crippen LogP contribution is -2.61. The number of methoxy groups -OCH3 is 1. The lowest BCUT2D eigenvalue weighted by Gasteiger charge is -2.44. The predicted molar refractivity (Wildman–Crippen MR) is 171 cm³/mol. The standard InChI is InChI=1S/C37H48O8/c1-40-33(38)23-15-4-2-3-5-16-24-42-37-34(39)36(44-27-31-21-13-8-14-22-31)35(43-26-30-19-11-7-12-20-30)32(45-37)28-41-25-29-17-9-6-10-18-29/h6-14,17-22,32,34-37,39H,2-5,15-16,23-28H2,1H3/t32-,34+,35-,36-,37+/m1/s1. The molecular formula is C37H48O8. The quantitative estimate of drug-likeness (QED) is 0.115. The zero-order valence-corrected chi connectivity index (χ0v) is 26.3. The number of esters is 1. The smallest absolute Gasteiger partial charge is 0.305 e. The fraction of sp³-hybridized carbons (Fsp3) is 0.486. The van der Waals surface area contributed by atoms with Crippen molar-refractivity contribution in [2.45, 2.75) is 95.5 Å². The summed E-state index contributed by atoms with van der Waals surface area (Å²) in [4.78, 5) is 11.3. The number of aliphatic hydroxyl groups excluding tert-OH is 1. The third-order valence-electron chi connectivity index (χ3n) is 7.86. The Morgan fingerprint density at radius 3 is 1.76 bits per heavy atom. The molecule has 1 fully saturated rings. The Labute approximate surface area is 267 Å². The Morgan fingerprint density at radius 1 is 0.667 bits per heavy atom. The summed E-state index contributed by atoms with van der Waals surface area (Å²) in [5, 5.41) is 11.5. The Hall–Kier alpha value is -3.11. The van der Waals surface area contributed by atoms with Gasteiger partial charge in [-0.2, -0.15) is 0 Å². The average molecular weight is 621 g/mol. The highest BCUT2D eigenvalue weighted by Gasteiger charge is 2.47. The third kappa shape index (κ3) is 12.3. The molecule has 8 heteroatoms. The largest absolute Gasteiger partial charge is 0.469 e. The Balaban J connectivity index is 1.37. The van der Waals surface area contributed by atoms with Crippen LogP contribution in [0.25, 0.3) is 0 Å². The summed E-state index contributed by atoms with van der Waals surface area (Å²) in [6, 6.07) is 29.8. The van der Waals surface area contributed by atoms with Gasteiger partial charge in [0.25, 0.3) is 0 Å². The minimum absolute atomic E-state index is 0.156. The first-order valence-electron chi connectivity index (χ1n) is 16.1. The highest BCUT2D eigenvalue weighted by Crippen LogP contribution is 2.29.